The lowest BCUT2D eigenvalue weighted by atomic mass is 9.93. The van der Waals surface area contributed by atoms with E-state index < -0.39 is 5.82 Å². The molecule has 5 rings (SSSR count). The molecule has 2 heterocycles. The highest BCUT2D eigenvalue weighted by molar-refractivity contribution is 7.16. The fourth-order valence-corrected chi connectivity index (χ4v) is 6.80. The van der Waals surface area contributed by atoms with E-state index in [-0.39, 0.29) is 17.0 Å². The van der Waals surface area contributed by atoms with Gasteiger partial charge in [0.15, 0.2) is 0 Å². The zero-order chi connectivity index (χ0) is 24.5. The number of hydrogen-bond donors (Lipinski definition) is 1. The number of carbonyl (C=O) groups is 1. The summed E-state index contributed by atoms with van der Waals surface area (Å²) in [6.45, 7) is 3.99. The Morgan fingerprint density at radius 2 is 1.91 bits per heavy atom. The smallest absolute Gasteiger partial charge is 0.254 e. The van der Waals surface area contributed by atoms with Crippen molar-refractivity contribution in [2.75, 3.05) is 0 Å². The van der Waals surface area contributed by atoms with E-state index >= 15 is 0 Å². The van der Waals surface area contributed by atoms with Gasteiger partial charge in [-0.3, -0.25) is 4.79 Å². The van der Waals surface area contributed by atoms with Crippen LogP contribution in [0, 0.1) is 19.7 Å². The Morgan fingerprint density at radius 3 is 2.69 bits per heavy atom. The summed E-state index contributed by atoms with van der Waals surface area (Å²) >= 11 is 7.54. The highest BCUT2D eigenvalue weighted by Gasteiger charge is 2.27. The number of carbonyl (C=O) groups excluding carboxylic acids is 1. The highest BCUT2D eigenvalue weighted by atomic mass is 35.5. The maximum absolute atomic E-state index is 14.1. The molecule has 2 aromatic heterocycles. The van der Waals surface area contributed by atoms with Crippen molar-refractivity contribution < 1.29 is 9.18 Å². The van der Waals surface area contributed by atoms with Crippen molar-refractivity contribution >= 4 is 40.1 Å². The first-order chi connectivity index (χ1) is 16.9. The van der Waals surface area contributed by atoms with Crippen LogP contribution in [0.1, 0.15) is 82.7 Å². The predicted octanol–water partition coefficient (Wildman–Crippen LogP) is 7.64. The second kappa shape index (κ2) is 10.3. The molecule has 2 aliphatic rings. The fourth-order valence-electron chi connectivity index (χ4n) is 5.45. The zero-order valence-electron chi connectivity index (χ0n) is 20.3. The Hall–Kier alpha value is -2.44. The van der Waals surface area contributed by atoms with Gasteiger partial charge in [0.2, 0.25) is 0 Å². The molecule has 7 heteroatoms. The van der Waals surface area contributed by atoms with E-state index in [1.165, 1.54) is 42.2 Å². The number of rotatable bonds is 5. The fraction of sp³-hybridized carbons (Fsp3) is 0.429. The molecule has 1 fully saturated rings. The summed E-state index contributed by atoms with van der Waals surface area (Å²) in [7, 11) is 0. The van der Waals surface area contributed by atoms with Crippen molar-refractivity contribution in [2.45, 2.75) is 77.7 Å². The summed E-state index contributed by atoms with van der Waals surface area (Å²) in [6, 6.07) is 7.15. The minimum absolute atomic E-state index is 0.0329. The summed E-state index contributed by atoms with van der Waals surface area (Å²) in [6.07, 6.45) is 11.9. The predicted molar refractivity (Wildman–Crippen MR) is 143 cm³/mol. The molecule has 0 bridgehead atoms. The van der Waals surface area contributed by atoms with Crippen LogP contribution in [0.4, 0.5) is 9.39 Å². The van der Waals surface area contributed by atoms with Crippen molar-refractivity contribution in [3.05, 3.63) is 68.1 Å². The Labute approximate surface area is 215 Å². The molecule has 184 valence electrons. The van der Waals surface area contributed by atoms with Gasteiger partial charge in [-0.05, 0) is 82.2 Å². The average molecular weight is 512 g/mol. The largest absolute Gasteiger partial charge is 0.349 e. The van der Waals surface area contributed by atoms with Crippen LogP contribution in [-0.4, -0.2) is 22.7 Å². The SMILES string of the molecule is Cc1cc(C=Nc2sc3c(c2C(=O)NC2CCCCC2)CCCC3)c(C)n1-c1ccc(Cl)c(F)c1. The van der Waals surface area contributed by atoms with Gasteiger partial charge in [-0.2, -0.15) is 0 Å². The van der Waals surface area contributed by atoms with Crippen molar-refractivity contribution in [3.8, 4) is 5.69 Å². The number of nitrogens with one attached hydrogen (secondary N) is 1. The number of nitrogens with zero attached hydrogens (tertiary/aromatic N) is 2. The molecule has 0 unspecified atom stereocenters. The van der Waals surface area contributed by atoms with Crippen LogP contribution in [0.5, 0.6) is 0 Å². The molecule has 2 aliphatic carbocycles. The first-order valence-corrected chi connectivity index (χ1v) is 13.8. The molecule has 0 atom stereocenters. The normalized spacial score (nSPS) is 16.6. The van der Waals surface area contributed by atoms with Gasteiger partial charge in [-0.15, -0.1) is 11.3 Å². The first-order valence-electron chi connectivity index (χ1n) is 12.6. The minimum atomic E-state index is -0.440. The third-order valence-electron chi connectivity index (χ3n) is 7.27. The van der Waals surface area contributed by atoms with E-state index in [1.54, 1.807) is 17.4 Å². The number of aromatic nitrogens is 1. The second-order valence-corrected chi connectivity index (χ2v) is 11.2. The standard InChI is InChI=1S/C28H31ClFN3OS/c1-17-14-19(18(2)33(17)21-12-13-23(29)24(30)15-21)16-31-28-26(22-10-6-7-11-25(22)35-28)27(34)32-20-8-4-3-5-9-20/h12-16,20H,3-11H2,1-2H3,(H,32,34). The number of benzene rings is 1. The lowest BCUT2D eigenvalue weighted by molar-refractivity contribution is 0.0927. The van der Waals surface area contributed by atoms with Crippen molar-refractivity contribution in [3.63, 3.8) is 0 Å². The van der Waals surface area contributed by atoms with Gasteiger partial charge >= 0.3 is 0 Å². The van der Waals surface area contributed by atoms with Crippen LogP contribution < -0.4 is 5.32 Å². The van der Waals surface area contributed by atoms with Gasteiger partial charge in [0, 0.05) is 39.8 Å². The Kier molecular flexibility index (Phi) is 7.12. The van der Waals surface area contributed by atoms with Crippen molar-refractivity contribution in [1.29, 1.82) is 0 Å². The van der Waals surface area contributed by atoms with Crippen LogP contribution in [0.15, 0.2) is 29.3 Å². The molecule has 0 spiro atoms. The Balaban J connectivity index is 1.46. The lowest BCUT2D eigenvalue weighted by Crippen LogP contribution is -2.36. The lowest BCUT2D eigenvalue weighted by Gasteiger charge is -2.23. The molecule has 4 nitrogen and oxygen atoms in total. The van der Waals surface area contributed by atoms with E-state index in [4.69, 9.17) is 16.6 Å². The number of amides is 1. The molecular weight excluding hydrogens is 481 g/mol. The van der Waals surface area contributed by atoms with Gasteiger partial charge in [0.25, 0.3) is 5.91 Å². The van der Waals surface area contributed by atoms with Gasteiger partial charge < -0.3 is 9.88 Å². The summed E-state index contributed by atoms with van der Waals surface area (Å²) in [5.74, 6) is -0.407. The van der Waals surface area contributed by atoms with Crippen LogP contribution in [0.2, 0.25) is 5.02 Å². The van der Waals surface area contributed by atoms with Gasteiger partial charge in [-0.25, -0.2) is 9.38 Å². The number of aryl methyl sites for hydroxylation is 2. The third kappa shape index (κ3) is 4.96. The molecule has 35 heavy (non-hydrogen) atoms. The van der Waals surface area contributed by atoms with Crippen LogP contribution in [0.3, 0.4) is 0 Å². The first kappa shape index (κ1) is 24.3. The Morgan fingerprint density at radius 1 is 1.14 bits per heavy atom. The number of aliphatic imine (C=N–C) groups is 1. The molecule has 1 aromatic carbocycles. The molecule has 0 aliphatic heterocycles. The number of fused-ring (bicyclic) bond motifs is 1. The summed E-state index contributed by atoms with van der Waals surface area (Å²) < 4.78 is 16.1. The molecule has 3 aromatic rings. The molecule has 1 amide bonds. The third-order valence-corrected chi connectivity index (χ3v) is 8.78. The minimum Gasteiger partial charge on any atom is -0.349 e. The summed E-state index contributed by atoms with van der Waals surface area (Å²) in [5, 5.41) is 4.22. The highest BCUT2D eigenvalue weighted by Crippen LogP contribution is 2.40. The number of halogens is 2. The quantitative estimate of drug-likeness (QED) is 0.351. The van der Waals surface area contributed by atoms with E-state index in [2.05, 4.69) is 5.32 Å². The van der Waals surface area contributed by atoms with E-state index in [9.17, 15) is 9.18 Å². The second-order valence-electron chi connectivity index (χ2n) is 9.72. The van der Waals surface area contributed by atoms with Crippen molar-refractivity contribution in [1.82, 2.24) is 9.88 Å². The maximum Gasteiger partial charge on any atom is 0.254 e. The summed E-state index contributed by atoms with van der Waals surface area (Å²) in [4.78, 5) is 19.6. The summed E-state index contributed by atoms with van der Waals surface area (Å²) in [5.41, 5.74) is 5.58. The van der Waals surface area contributed by atoms with Gasteiger partial charge in [0.05, 0.1) is 10.6 Å². The molecule has 1 saturated carbocycles. The Bertz CT molecular complexity index is 1290. The molecule has 1 N–H and O–H groups in total. The van der Waals surface area contributed by atoms with E-state index in [1.807, 2.05) is 36.8 Å². The van der Waals surface area contributed by atoms with E-state index in [0.717, 1.165) is 65.3 Å². The average Bonchev–Trinajstić information content (AvgIpc) is 3.36. The number of hydrogen-bond acceptors (Lipinski definition) is 3. The van der Waals surface area contributed by atoms with Crippen LogP contribution >= 0.6 is 22.9 Å². The molecular formula is C28H31ClFN3OS. The van der Waals surface area contributed by atoms with Crippen molar-refractivity contribution in [2.24, 2.45) is 4.99 Å². The van der Waals surface area contributed by atoms with Crippen LogP contribution in [-0.2, 0) is 12.8 Å². The molecule has 0 saturated heterocycles. The monoisotopic (exact) mass is 511 g/mol. The van der Waals surface area contributed by atoms with Gasteiger partial charge in [-0.1, -0.05) is 30.9 Å². The number of thiophene rings is 1. The molecule has 0 radical (unpaired) electrons. The maximum atomic E-state index is 14.1. The topological polar surface area (TPSA) is 46.4 Å². The van der Waals surface area contributed by atoms with E-state index in [0.29, 0.717) is 0 Å². The zero-order valence-corrected chi connectivity index (χ0v) is 21.9. The van der Waals surface area contributed by atoms with Gasteiger partial charge in [0.1, 0.15) is 10.8 Å². The van der Waals surface area contributed by atoms with Crippen LogP contribution in [0.25, 0.3) is 5.69 Å².